The van der Waals surface area contributed by atoms with Gasteiger partial charge in [0.2, 0.25) is 0 Å². The summed E-state index contributed by atoms with van der Waals surface area (Å²) in [6, 6.07) is 0. The maximum atomic E-state index is 9.12. The van der Waals surface area contributed by atoms with Gasteiger partial charge < -0.3 is 0 Å². The Balaban J connectivity index is 3.99. The number of hydrogen-bond donors (Lipinski definition) is 1. The molecule has 0 spiro atoms. The fourth-order valence-corrected chi connectivity index (χ4v) is 8.17. The molecule has 0 heterocycles. The van der Waals surface area contributed by atoms with E-state index in [0.717, 1.165) is 6.42 Å². The van der Waals surface area contributed by atoms with Gasteiger partial charge in [0.1, 0.15) is 0 Å². The van der Waals surface area contributed by atoms with Crippen molar-refractivity contribution < 1.29 is 5.11 Å². The average Bonchev–Trinajstić information content (AvgIpc) is 2.19. The Morgan fingerprint density at radius 2 is 1.57 bits per heavy atom. The fourth-order valence-electron chi connectivity index (χ4n) is 1.81. The summed E-state index contributed by atoms with van der Waals surface area (Å²) >= 11 is -1.47. The minimum absolute atomic E-state index is 0.182. The van der Waals surface area contributed by atoms with Crippen molar-refractivity contribution in [1.29, 1.82) is 0 Å². The third-order valence-corrected chi connectivity index (χ3v) is 15.2. The van der Waals surface area contributed by atoms with Gasteiger partial charge in [0.05, 0.1) is 0 Å². The van der Waals surface area contributed by atoms with E-state index in [1.807, 2.05) is 6.92 Å². The molecule has 0 fully saturated rings. The molecule has 0 aliphatic carbocycles. The van der Waals surface area contributed by atoms with Crippen LogP contribution in [-0.2, 0) is 0 Å². The van der Waals surface area contributed by atoms with Gasteiger partial charge in [0.25, 0.3) is 0 Å². The van der Waals surface area contributed by atoms with Crippen molar-refractivity contribution in [1.82, 2.24) is 0 Å². The molecule has 0 aromatic heterocycles. The summed E-state index contributed by atoms with van der Waals surface area (Å²) in [6.07, 6.45) is 5.11. The number of rotatable bonds is 7. The molecule has 0 aromatic rings. The number of aliphatic hydroxyl groups excluding tert-OH is 1. The van der Waals surface area contributed by atoms with E-state index in [0.29, 0.717) is 0 Å². The van der Waals surface area contributed by atoms with Gasteiger partial charge in [-0.25, -0.2) is 0 Å². The van der Waals surface area contributed by atoms with Crippen molar-refractivity contribution in [3.63, 3.8) is 0 Å². The molecule has 0 aliphatic rings. The molecule has 0 bridgehead atoms. The van der Waals surface area contributed by atoms with E-state index < -0.39 is 13.3 Å². The molecular formula is C12H26GeO. The summed E-state index contributed by atoms with van der Waals surface area (Å²) in [4.78, 5) is 0. The Kier molecular flexibility index (Phi) is 7.65. The average molecular weight is 259 g/mol. The molecule has 1 nitrogen and oxygen atoms in total. The second kappa shape index (κ2) is 7.52. The standard InChI is InChI=1S/C12H26GeO/c1-5-13(6-2,7-3)11-9-8-10-12(4)14/h8-9,12,14H,5-7,10-11H2,1-4H3/b9-8+/t12-/m1/s1. The van der Waals surface area contributed by atoms with Crippen LogP contribution in [0.15, 0.2) is 12.2 Å². The van der Waals surface area contributed by atoms with Crippen LogP contribution in [-0.4, -0.2) is 24.5 Å². The second-order valence-electron chi connectivity index (χ2n) is 4.32. The van der Waals surface area contributed by atoms with E-state index in [1.165, 1.54) is 21.0 Å². The van der Waals surface area contributed by atoms with Crippen molar-refractivity contribution in [2.24, 2.45) is 0 Å². The molecule has 0 rings (SSSR count). The van der Waals surface area contributed by atoms with Crippen LogP contribution in [0.2, 0.25) is 21.0 Å². The van der Waals surface area contributed by atoms with Gasteiger partial charge >= 0.3 is 91.8 Å². The number of hydrogen-bond acceptors (Lipinski definition) is 1. The van der Waals surface area contributed by atoms with Crippen LogP contribution >= 0.6 is 0 Å². The van der Waals surface area contributed by atoms with Gasteiger partial charge in [-0.3, -0.25) is 0 Å². The first-order valence-corrected chi connectivity index (χ1v) is 11.9. The quantitative estimate of drug-likeness (QED) is 0.544. The molecule has 84 valence electrons. The number of allylic oxidation sites excluding steroid dienone is 1. The predicted octanol–water partition coefficient (Wildman–Crippen LogP) is 3.82. The Hall–Kier alpha value is 0.243. The van der Waals surface area contributed by atoms with Crippen LogP contribution in [0.25, 0.3) is 0 Å². The topological polar surface area (TPSA) is 20.2 Å². The summed E-state index contributed by atoms with van der Waals surface area (Å²) < 4.78 is 0. The van der Waals surface area contributed by atoms with E-state index in [4.69, 9.17) is 5.11 Å². The molecule has 0 saturated heterocycles. The molecule has 0 amide bonds. The van der Waals surface area contributed by atoms with Crippen molar-refractivity contribution in [3.05, 3.63) is 12.2 Å². The molecule has 1 atom stereocenters. The third kappa shape index (κ3) is 5.20. The Morgan fingerprint density at radius 1 is 1.07 bits per heavy atom. The number of aliphatic hydroxyl groups is 1. The summed E-state index contributed by atoms with van der Waals surface area (Å²) in [7, 11) is 0. The van der Waals surface area contributed by atoms with Crippen molar-refractivity contribution >= 4 is 13.3 Å². The molecule has 0 aromatic carbocycles. The maximum absolute atomic E-state index is 9.12. The minimum atomic E-state index is -1.47. The van der Waals surface area contributed by atoms with Crippen molar-refractivity contribution in [2.45, 2.75) is 61.2 Å². The van der Waals surface area contributed by atoms with E-state index in [9.17, 15) is 0 Å². The molecule has 1 N–H and O–H groups in total. The first kappa shape index (κ1) is 14.2. The molecule has 0 unspecified atom stereocenters. The van der Waals surface area contributed by atoms with Crippen LogP contribution < -0.4 is 0 Å². The fraction of sp³-hybridized carbons (Fsp3) is 0.833. The SMILES string of the molecule is C[CH2][Ge]([CH2]C)([CH2]C)[CH2]/C=C/C[C@@H](C)O. The summed E-state index contributed by atoms with van der Waals surface area (Å²) in [5, 5.41) is 14.8. The van der Waals surface area contributed by atoms with Crippen LogP contribution in [0.5, 0.6) is 0 Å². The van der Waals surface area contributed by atoms with Crippen molar-refractivity contribution in [2.75, 3.05) is 0 Å². The zero-order chi connectivity index (χ0) is 11.0. The molecule has 14 heavy (non-hydrogen) atoms. The van der Waals surface area contributed by atoms with Gasteiger partial charge in [0, 0.05) is 0 Å². The van der Waals surface area contributed by atoms with E-state index >= 15 is 0 Å². The van der Waals surface area contributed by atoms with Crippen LogP contribution in [0, 0.1) is 0 Å². The normalized spacial score (nSPS) is 14.9. The summed E-state index contributed by atoms with van der Waals surface area (Å²) in [5.41, 5.74) is 0. The first-order valence-electron chi connectivity index (χ1n) is 5.93. The van der Waals surface area contributed by atoms with Gasteiger partial charge in [-0.2, -0.15) is 0 Å². The summed E-state index contributed by atoms with van der Waals surface area (Å²) in [5.74, 6) is 0. The predicted molar refractivity (Wildman–Crippen MR) is 67.4 cm³/mol. The monoisotopic (exact) mass is 260 g/mol. The molecule has 0 aliphatic heterocycles. The second-order valence-corrected chi connectivity index (χ2v) is 15.9. The third-order valence-electron chi connectivity index (χ3n) is 3.44. The van der Waals surface area contributed by atoms with Gasteiger partial charge in [-0.1, -0.05) is 0 Å². The van der Waals surface area contributed by atoms with Gasteiger partial charge in [0.15, 0.2) is 0 Å². The molecular weight excluding hydrogens is 233 g/mol. The summed E-state index contributed by atoms with van der Waals surface area (Å²) in [6.45, 7) is 8.92. The molecule has 0 saturated carbocycles. The zero-order valence-electron chi connectivity index (χ0n) is 10.2. The van der Waals surface area contributed by atoms with Gasteiger partial charge in [-0.05, 0) is 0 Å². The van der Waals surface area contributed by atoms with Crippen LogP contribution in [0.3, 0.4) is 0 Å². The van der Waals surface area contributed by atoms with E-state index in [2.05, 4.69) is 32.9 Å². The van der Waals surface area contributed by atoms with E-state index in [1.54, 1.807) is 0 Å². The van der Waals surface area contributed by atoms with Gasteiger partial charge in [-0.15, -0.1) is 0 Å². The van der Waals surface area contributed by atoms with Crippen LogP contribution in [0.4, 0.5) is 0 Å². The Labute approximate surface area is 92.0 Å². The Morgan fingerprint density at radius 3 is 1.93 bits per heavy atom. The zero-order valence-corrected chi connectivity index (χ0v) is 12.3. The van der Waals surface area contributed by atoms with Crippen LogP contribution in [0.1, 0.15) is 34.1 Å². The van der Waals surface area contributed by atoms with E-state index in [-0.39, 0.29) is 6.10 Å². The Bertz CT molecular complexity index is 151. The first-order chi connectivity index (χ1) is 6.60. The molecule has 0 radical (unpaired) electrons. The van der Waals surface area contributed by atoms with Crippen molar-refractivity contribution in [3.8, 4) is 0 Å². The molecule has 2 heteroatoms.